The molecule has 2 aromatic carbocycles. The van der Waals surface area contributed by atoms with E-state index >= 15 is 0 Å². The molecule has 0 unspecified atom stereocenters. The van der Waals surface area contributed by atoms with Gasteiger partial charge in [-0.1, -0.05) is 12.1 Å². The summed E-state index contributed by atoms with van der Waals surface area (Å²) in [6.45, 7) is 2.07. The number of aromatic nitrogens is 2. The van der Waals surface area contributed by atoms with Gasteiger partial charge in [-0.3, -0.25) is 4.79 Å². The first-order valence-electron chi connectivity index (χ1n) is 10.1. The zero-order valence-corrected chi connectivity index (χ0v) is 17.4. The van der Waals surface area contributed by atoms with Gasteiger partial charge in [0.15, 0.2) is 0 Å². The minimum atomic E-state index is -0.283. The Morgan fingerprint density at radius 2 is 1.94 bits per heavy atom. The molecule has 7 nitrogen and oxygen atoms in total. The molecule has 0 radical (unpaired) electrons. The Morgan fingerprint density at radius 1 is 1.13 bits per heavy atom. The quantitative estimate of drug-likeness (QED) is 0.487. The molecule has 1 atom stereocenters. The minimum absolute atomic E-state index is 0.115. The number of imidazole rings is 1. The third-order valence-electron chi connectivity index (χ3n) is 5.60. The average Bonchev–Trinajstić information content (AvgIpc) is 3.53. The van der Waals surface area contributed by atoms with E-state index in [1.54, 1.807) is 18.4 Å². The van der Waals surface area contributed by atoms with Gasteiger partial charge in [0.05, 0.1) is 30.1 Å². The fourth-order valence-corrected chi connectivity index (χ4v) is 4.00. The molecule has 1 amide bonds. The fourth-order valence-electron chi connectivity index (χ4n) is 4.00. The molecule has 4 aromatic rings. The maximum atomic E-state index is 13.4. The Morgan fingerprint density at radius 3 is 2.68 bits per heavy atom. The molecule has 156 valence electrons. The molecule has 3 heterocycles. The lowest BCUT2D eigenvalue weighted by molar-refractivity contribution is -0.134. The SMILES string of the molecule is COc1ccc(C2=NN(C(=O)Cn3c(C)nc4ccccc43)[C@@H](c3ccco3)C2)cc1. The van der Waals surface area contributed by atoms with Crippen LogP contribution >= 0.6 is 0 Å². The Hall–Kier alpha value is -3.87. The van der Waals surface area contributed by atoms with Crippen molar-refractivity contribution in [3.05, 3.63) is 84.1 Å². The molecule has 0 bridgehead atoms. The lowest BCUT2D eigenvalue weighted by Crippen LogP contribution is -2.30. The molecule has 0 N–H and O–H groups in total. The van der Waals surface area contributed by atoms with E-state index in [1.807, 2.05) is 72.2 Å². The van der Waals surface area contributed by atoms with Gasteiger partial charge < -0.3 is 13.7 Å². The molecule has 1 aliphatic heterocycles. The van der Waals surface area contributed by atoms with E-state index in [-0.39, 0.29) is 18.5 Å². The summed E-state index contributed by atoms with van der Waals surface area (Å²) >= 11 is 0. The molecule has 31 heavy (non-hydrogen) atoms. The maximum Gasteiger partial charge on any atom is 0.263 e. The van der Waals surface area contributed by atoms with Crippen LogP contribution in [0.3, 0.4) is 0 Å². The number of ether oxygens (including phenoxy) is 1. The van der Waals surface area contributed by atoms with Crippen LogP contribution in [-0.2, 0) is 11.3 Å². The Bertz CT molecular complexity index is 1260. The first-order chi connectivity index (χ1) is 15.1. The Kier molecular flexibility index (Phi) is 4.78. The second-order valence-electron chi connectivity index (χ2n) is 7.48. The summed E-state index contributed by atoms with van der Waals surface area (Å²) in [4.78, 5) is 18.0. The van der Waals surface area contributed by atoms with E-state index in [1.165, 1.54) is 0 Å². The number of para-hydroxylation sites is 2. The molecule has 0 saturated carbocycles. The van der Waals surface area contributed by atoms with Crippen LogP contribution in [0.5, 0.6) is 5.75 Å². The molecule has 0 saturated heterocycles. The van der Waals surface area contributed by atoms with Crippen molar-refractivity contribution in [2.45, 2.75) is 25.9 Å². The molecule has 2 aromatic heterocycles. The highest BCUT2D eigenvalue weighted by Crippen LogP contribution is 2.34. The first kappa shape index (κ1) is 19.1. The third-order valence-corrected chi connectivity index (χ3v) is 5.60. The molecule has 0 aliphatic carbocycles. The van der Waals surface area contributed by atoms with Crippen molar-refractivity contribution in [3.63, 3.8) is 0 Å². The average molecular weight is 414 g/mol. The number of amides is 1. The van der Waals surface area contributed by atoms with E-state index in [0.717, 1.165) is 33.9 Å². The van der Waals surface area contributed by atoms with Gasteiger partial charge >= 0.3 is 0 Å². The predicted octanol–water partition coefficient (Wildman–Crippen LogP) is 4.32. The summed E-state index contributed by atoms with van der Waals surface area (Å²) in [5.74, 6) is 2.17. The second kappa shape index (κ2) is 7.75. The number of methoxy groups -OCH3 is 1. The predicted molar refractivity (Wildman–Crippen MR) is 117 cm³/mol. The normalized spacial score (nSPS) is 16.0. The van der Waals surface area contributed by atoms with Crippen molar-refractivity contribution < 1.29 is 13.9 Å². The molecule has 0 fully saturated rings. The number of furan rings is 1. The van der Waals surface area contributed by atoms with Gasteiger partial charge in [0.1, 0.15) is 29.9 Å². The van der Waals surface area contributed by atoms with Crippen LogP contribution in [0.4, 0.5) is 0 Å². The summed E-state index contributed by atoms with van der Waals surface area (Å²) in [5, 5.41) is 6.26. The van der Waals surface area contributed by atoms with Crippen molar-refractivity contribution in [2.24, 2.45) is 5.10 Å². The van der Waals surface area contributed by atoms with Crippen LogP contribution < -0.4 is 4.74 Å². The van der Waals surface area contributed by atoms with Crippen molar-refractivity contribution >= 4 is 22.7 Å². The molecule has 0 spiro atoms. The van der Waals surface area contributed by atoms with Crippen LogP contribution in [0.1, 0.15) is 29.6 Å². The van der Waals surface area contributed by atoms with E-state index < -0.39 is 0 Å². The van der Waals surface area contributed by atoms with Gasteiger partial charge in [0, 0.05) is 6.42 Å². The number of carbonyl (C=O) groups excluding carboxylic acids is 1. The van der Waals surface area contributed by atoms with Crippen molar-refractivity contribution in [1.82, 2.24) is 14.6 Å². The topological polar surface area (TPSA) is 72.9 Å². The number of hydrazone groups is 1. The minimum Gasteiger partial charge on any atom is -0.497 e. The van der Waals surface area contributed by atoms with Crippen LogP contribution in [-0.4, -0.2) is 33.3 Å². The van der Waals surface area contributed by atoms with Crippen molar-refractivity contribution in [2.75, 3.05) is 7.11 Å². The summed E-state index contributed by atoms with van der Waals surface area (Å²) in [6, 6.07) is 19.0. The zero-order valence-electron chi connectivity index (χ0n) is 17.4. The first-order valence-corrected chi connectivity index (χ1v) is 10.1. The largest absolute Gasteiger partial charge is 0.497 e. The highest BCUT2D eigenvalue weighted by atomic mass is 16.5. The van der Waals surface area contributed by atoms with E-state index in [2.05, 4.69) is 4.98 Å². The lowest BCUT2D eigenvalue weighted by Gasteiger charge is -2.20. The van der Waals surface area contributed by atoms with Gasteiger partial charge in [-0.2, -0.15) is 5.10 Å². The highest BCUT2D eigenvalue weighted by molar-refractivity contribution is 6.03. The molecule has 1 aliphatic rings. The van der Waals surface area contributed by atoms with Crippen LogP contribution in [0.15, 0.2) is 76.4 Å². The smallest absolute Gasteiger partial charge is 0.263 e. The van der Waals surface area contributed by atoms with Crippen molar-refractivity contribution in [3.8, 4) is 5.75 Å². The van der Waals surface area contributed by atoms with Gasteiger partial charge in [-0.25, -0.2) is 9.99 Å². The standard InChI is InChI=1S/C24H22N4O3/c1-16-25-19-6-3-4-7-21(19)27(16)15-24(29)28-22(23-8-5-13-31-23)14-20(26-28)17-9-11-18(30-2)12-10-17/h3-13,22H,14-15H2,1-2H3/t22-/m1/s1. The monoisotopic (exact) mass is 414 g/mol. The van der Waals surface area contributed by atoms with Crippen LogP contribution in [0.25, 0.3) is 11.0 Å². The Balaban J connectivity index is 1.48. The van der Waals surface area contributed by atoms with Gasteiger partial charge in [0.25, 0.3) is 5.91 Å². The highest BCUT2D eigenvalue weighted by Gasteiger charge is 2.35. The number of aryl methyl sites for hydroxylation is 1. The summed E-state index contributed by atoms with van der Waals surface area (Å²) in [6.07, 6.45) is 2.20. The van der Waals surface area contributed by atoms with Gasteiger partial charge in [-0.15, -0.1) is 0 Å². The van der Waals surface area contributed by atoms with Crippen LogP contribution in [0, 0.1) is 6.92 Å². The number of nitrogens with zero attached hydrogens (tertiary/aromatic N) is 4. The summed E-state index contributed by atoms with van der Waals surface area (Å²) in [7, 11) is 1.64. The third kappa shape index (κ3) is 3.48. The van der Waals surface area contributed by atoms with E-state index in [9.17, 15) is 4.79 Å². The molecular formula is C24H22N4O3. The summed E-state index contributed by atoms with van der Waals surface area (Å²) in [5.41, 5.74) is 3.60. The number of hydrogen-bond acceptors (Lipinski definition) is 5. The number of carbonyl (C=O) groups is 1. The van der Waals surface area contributed by atoms with Crippen LogP contribution in [0.2, 0.25) is 0 Å². The zero-order chi connectivity index (χ0) is 21.4. The molecule has 7 heteroatoms. The fraction of sp³-hybridized carbons (Fsp3) is 0.208. The van der Waals surface area contributed by atoms with E-state index in [0.29, 0.717) is 12.2 Å². The van der Waals surface area contributed by atoms with Gasteiger partial charge in [-0.05, 0) is 61.0 Å². The van der Waals surface area contributed by atoms with Gasteiger partial charge in [0.2, 0.25) is 0 Å². The number of benzene rings is 2. The number of fused-ring (bicyclic) bond motifs is 1. The maximum absolute atomic E-state index is 13.4. The Labute approximate surface area is 179 Å². The number of rotatable bonds is 5. The van der Waals surface area contributed by atoms with Crippen molar-refractivity contribution in [1.29, 1.82) is 0 Å². The second-order valence-corrected chi connectivity index (χ2v) is 7.48. The molecule has 5 rings (SSSR count). The lowest BCUT2D eigenvalue weighted by atomic mass is 10.0. The summed E-state index contributed by atoms with van der Waals surface area (Å²) < 4.78 is 12.8. The van der Waals surface area contributed by atoms with E-state index in [4.69, 9.17) is 14.3 Å². The molecular weight excluding hydrogens is 392 g/mol. The number of hydrogen-bond donors (Lipinski definition) is 0.